The van der Waals surface area contributed by atoms with E-state index >= 15 is 0 Å². The fraction of sp³-hybridized carbons (Fsp3) is 0.857. The van der Waals surface area contributed by atoms with Gasteiger partial charge in [-0.1, -0.05) is 15.9 Å². The van der Waals surface area contributed by atoms with Gasteiger partial charge in [0.15, 0.2) is 0 Å². The number of rotatable bonds is 3. The zero-order valence-electron chi connectivity index (χ0n) is 6.12. The number of alkyl halides is 1. The molecule has 11 heavy (non-hydrogen) atoms. The average molecular weight is 223 g/mol. The molecule has 1 aliphatic heterocycles. The molecule has 64 valence electrons. The van der Waals surface area contributed by atoms with Crippen molar-refractivity contribution in [2.45, 2.75) is 30.2 Å². The SMILES string of the molecule is O=C(O)[C@H](Br)C[C@H]1CCCO1. The van der Waals surface area contributed by atoms with Gasteiger partial charge in [0.25, 0.3) is 0 Å². The second kappa shape index (κ2) is 4.07. The van der Waals surface area contributed by atoms with E-state index in [2.05, 4.69) is 15.9 Å². The van der Waals surface area contributed by atoms with Crippen molar-refractivity contribution in [3.8, 4) is 0 Å². The molecule has 3 nitrogen and oxygen atoms in total. The van der Waals surface area contributed by atoms with Gasteiger partial charge in [-0.3, -0.25) is 4.79 Å². The summed E-state index contributed by atoms with van der Waals surface area (Å²) in [5.41, 5.74) is 0. The first kappa shape index (κ1) is 9.00. The number of halogens is 1. The first-order valence-electron chi connectivity index (χ1n) is 3.68. The quantitative estimate of drug-likeness (QED) is 0.735. The van der Waals surface area contributed by atoms with Gasteiger partial charge in [-0.05, 0) is 19.3 Å². The lowest BCUT2D eigenvalue weighted by molar-refractivity contribution is -0.136. The van der Waals surface area contributed by atoms with Gasteiger partial charge in [0.2, 0.25) is 0 Å². The number of hydrogen-bond acceptors (Lipinski definition) is 2. The van der Waals surface area contributed by atoms with Crippen molar-refractivity contribution in [2.75, 3.05) is 6.61 Å². The summed E-state index contributed by atoms with van der Waals surface area (Å²) in [7, 11) is 0. The summed E-state index contributed by atoms with van der Waals surface area (Å²) in [5, 5.41) is 8.54. The third-order valence-electron chi connectivity index (χ3n) is 1.76. The second-order valence-corrected chi connectivity index (χ2v) is 3.78. The molecule has 1 fully saturated rings. The van der Waals surface area contributed by atoms with E-state index in [-0.39, 0.29) is 6.10 Å². The summed E-state index contributed by atoms with van der Waals surface area (Å²) in [6.45, 7) is 0.782. The topological polar surface area (TPSA) is 46.5 Å². The molecule has 2 atom stereocenters. The minimum absolute atomic E-state index is 0.149. The largest absolute Gasteiger partial charge is 0.480 e. The number of carboxylic acid groups (broad SMARTS) is 1. The third-order valence-corrected chi connectivity index (χ3v) is 2.53. The molecule has 0 spiro atoms. The number of hydrogen-bond donors (Lipinski definition) is 1. The summed E-state index contributed by atoms with van der Waals surface area (Å²) < 4.78 is 5.28. The predicted octanol–water partition coefficient (Wildman–Crippen LogP) is 1.40. The molecule has 1 aliphatic rings. The maximum absolute atomic E-state index is 10.4. The Morgan fingerprint density at radius 2 is 2.55 bits per heavy atom. The van der Waals surface area contributed by atoms with Crippen LogP contribution in [-0.2, 0) is 9.53 Å². The van der Waals surface area contributed by atoms with E-state index in [0.717, 1.165) is 19.4 Å². The normalized spacial score (nSPS) is 26.8. The van der Waals surface area contributed by atoms with Crippen LogP contribution in [0.3, 0.4) is 0 Å². The van der Waals surface area contributed by atoms with E-state index in [1.54, 1.807) is 0 Å². The van der Waals surface area contributed by atoms with Crippen LogP contribution in [0.15, 0.2) is 0 Å². The third kappa shape index (κ3) is 2.79. The van der Waals surface area contributed by atoms with Gasteiger partial charge in [0.1, 0.15) is 4.83 Å². The Balaban J connectivity index is 2.23. The molecule has 0 saturated carbocycles. The van der Waals surface area contributed by atoms with Gasteiger partial charge in [0.05, 0.1) is 6.10 Å². The van der Waals surface area contributed by atoms with E-state index < -0.39 is 10.8 Å². The van der Waals surface area contributed by atoms with Gasteiger partial charge in [-0.2, -0.15) is 0 Å². The number of carbonyl (C=O) groups is 1. The molecule has 0 aromatic heterocycles. The molecule has 0 bridgehead atoms. The summed E-state index contributed by atoms with van der Waals surface area (Å²) in [6.07, 6.45) is 2.78. The second-order valence-electron chi connectivity index (χ2n) is 2.68. The molecule has 4 heteroatoms. The molecule has 0 amide bonds. The zero-order valence-corrected chi connectivity index (χ0v) is 7.71. The van der Waals surface area contributed by atoms with E-state index in [0.29, 0.717) is 6.42 Å². The fourth-order valence-electron chi connectivity index (χ4n) is 1.16. The van der Waals surface area contributed by atoms with Gasteiger partial charge in [0, 0.05) is 6.61 Å². The van der Waals surface area contributed by atoms with Crippen molar-refractivity contribution in [3.63, 3.8) is 0 Å². The lowest BCUT2D eigenvalue weighted by Crippen LogP contribution is -2.19. The van der Waals surface area contributed by atoms with Crippen molar-refractivity contribution in [2.24, 2.45) is 0 Å². The first-order chi connectivity index (χ1) is 5.20. The van der Waals surface area contributed by atoms with Crippen LogP contribution in [0, 0.1) is 0 Å². The highest BCUT2D eigenvalue weighted by atomic mass is 79.9. The zero-order chi connectivity index (χ0) is 8.27. The van der Waals surface area contributed by atoms with E-state index in [1.807, 2.05) is 0 Å². The van der Waals surface area contributed by atoms with E-state index in [1.165, 1.54) is 0 Å². The van der Waals surface area contributed by atoms with E-state index in [9.17, 15) is 4.79 Å². The highest BCUT2D eigenvalue weighted by Crippen LogP contribution is 2.20. The van der Waals surface area contributed by atoms with Gasteiger partial charge >= 0.3 is 5.97 Å². The molecule has 1 N–H and O–H groups in total. The van der Waals surface area contributed by atoms with Crippen molar-refractivity contribution in [1.82, 2.24) is 0 Å². The van der Waals surface area contributed by atoms with Gasteiger partial charge in [-0.25, -0.2) is 0 Å². The standard InChI is InChI=1S/C7H11BrO3/c8-6(7(9)10)4-5-2-1-3-11-5/h5-6H,1-4H2,(H,9,10)/t5-,6-/m1/s1. The van der Waals surface area contributed by atoms with Crippen molar-refractivity contribution >= 4 is 21.9 Å². The maximum atomic E-state index is 10.4. The highest BCUT2D eigenvalue weighted by molar-refractivity contribution is 9.10. The van der Waals surface area contributed by atoms with Crippen LogP contribution < -0.4 is 0 Å². The van der Waals surface area contributed by atoms with Crippen molar-refractivity contribution < 1.29 is 14.6 Å². The van der Waals surface area contributed by atoms with Crippen LogP contribution >= 0.6 is 15.9 Å². The molecule has 1 rings (SSSR count). The average Bonchev–Trinajstić information content (AvgIpc) is 2.39. The Morgan fingerprint density at radius 3 is 3.00 bits per heavy atom. The van der Waals surface area contributed by atoms with Crippen LogP contribution in [-0.4, -0.2) is 28.6 Å². The molecule has 0 aromatic carbocycles. The minimum atomic E-state index is -0.805. The lowest BCUT2D eigenvalue weighted by atomic mass is 10.1. The smallest absolute Gasteiger partial charge is 0.317 e. The molecule has 0 aliphatic carbocycles. The fourth-order valence-corrected chi connectivity index (χ4v) is 1.58. The van der Waals surface area contributed by atoms with Gasteiger partial charge < -0.3 is 9.84 Å². The minimum Gasteiger partial charge on any atom is -0.480 e. The molecular formula is C7H11BrO3. The number of carboxylic acids is 1. The molecule has 1 heterocycles. The van der Waals surface area contributed by atoms with Gasteiger partial charge in [-0.15, -0.1) is 0 Å². The Morgan fingerprint density at radius 1 is 1.82 bits per heavy atom. The number of ether oxygens (including phenoxy) is 1. The Kier molecular flexibility index (Phi) is 3.33. The first-order valence-corrected chi connectivity index (χ1v) is 4.60. The van der Waals surface area contributed by atoms with Crippen LogP contribution in [0.2, 0.25) is 0 Å². The van der Waals surface area contributed by atoms with Crippen molar-refractivity contribution in [1.29, 1.82) is 0 Å². The monoisotopic (exact) mass is 222 g/mol. The summed E-state index contributed by atoms with van der Waals surface area (Å²) in [4.78, 5) is 9.93. The Hall–Kier alpha value is -0.0900. The molecule has 1 saturated heterocycles. The van der Waals surface area contributed by atoms with Crippen LogP contribution in [0.4, 0.5) is 0 Å². The summed E-state index contributed by atoms with van der Waals surface area (Å²) in [6, 6.07) is 0. The Labute approximate surface area is 73.9 Å². The Bertz CT molecular complexity index is 143. The van der Waals surface area contributed by atoms with Crippen LogP contribution in [0.1, 0.15) is 19.3 Å². The van der Waals surface area contributed by atoms with Crippen molar-refractivity contribution in [3.05, 3.63) is 0 Å². The summed E-state index contributed by atoms with van der Waals surface area (Å²) in [5.74, 6) is -0.805. The van der Waals surface area contributed by atoms with Crippen LogP contribution in [0.25, 0.3) is 0 Å². The molecule has 0 aromatic rings. The molecular weight excluding hydrogens is 212 g/mol. The maximum Gasteiger partial charge on any atom is 0.317 e. The predicted molar refractivity (Wildman–Crippen MR) is 43.9 cm³/mol. The highest BCUT2D eigenvalue weighted by Gasteiger charge is 2.22. The molecule has 0 unspecified atom stereocenters. The lowest BCUT2D eigenvalue weighted by Gasteiger charge is -2.10. The van der Waals surface area contributed by atoms with Crippen LogP contribution in [0.5, 0.6) is 0 Å². The summed E-state index contributed by atoms with van der Waals surface area (Å²) >= 11 is 3.07. The molecule has 0 radical (unpaired) electrons. The number of aliphatic carboxylic acids is 1. The van der Waals surface area contributed by atoms with E-state index in [4.69, 9.17) is 9.84 Å².